The lowest BCUT2D eigenvalue weighted by atomic mass is 10.3. The third kappa shape index (κ3) is 4.56. The molecule has 0 radical (unpaired) electrons. The summed E-state index contributed by atoms with van der Waals surface area (Å²) in [6.45, 7) is 4.42. The van der Waals surface area contributed by atoms with Gasteiger partial charge in [-0.15, -0.1) is 0 Å². The lowest BCUT2D eigenvalue weighted by Crippen LogP contribution is -2.15. The zero-order valence-electron chi connectivity index (χ0n) is 11.8. The van der Waals surface area contributed by atoms with Crippen molar-refractivity contribution in [3.8, 4) is 6.01 Å². The summed E-state index contributed by atoms with van der Waals surface area (Å²) in [6.07, 6.45) is 3.21. The van der Waals surface area contributed by atoms with Crippen LogP contribution in [0.15, 0.2) is 0 Å². The maximum absolute atomic E-state index is 11.8. The molecule has 0 bridgehead atoms. The maximum atomic E-state index is 11.8. The van der Waals surface area contributed by atoms with E-state index in [0.29, 0.717) is 0 Å². The zero-order chi connectivity index (χ0) is 15.0. The number of hydrogen-bond acceptors (Lipinski definition) is 6. The summed E-state index contributed by atoms with van der Waals surface area (Å²) in [5.74, 6) is -1.48. The van der Waals surface area contributed by atoms with Crippen LogP contribution < -0.4 is 0 Å². The van der Waals surface area contributed by atoms with E-state index in [1.54, 1.807) is 0 Å². The minimum absolute atomic E-state index is 0.180. The number of unbranched alkanes of at least 4 members (excludes halogenated alkanes) is 2. The minimum Gasteiger partial charge on any atom is -0.480 e. The first-order valence-electron chi connectivity index (χ1n) is 6.73. The fourth-order valence-corrected chi connectivity index (χ4v) is 1.42. The number of nitrogens with one attached hydrogen (secondary N) is 1. The summed E-state index contributed by atoms with van der Waals surface area (Å²) in [5, 5.41) is 9.29. The molecular weight excluding hydrogens is 264 g/mol. The van der Waals surface area contributed by atoms with Crippen LogP contribution in [0.25, 0.3) is 0 Å². The fourth-order valence-electron chi connectivity index (χ4n) is 1.42. The van der Waals surface area contributed by atoms with Crippen LogP contribution in [0.1, 0.15) is 60.5 Å². The van der Waals surface area contributed by atoms with Crippen LogP contribution in [0.3, 0.4) is 0 Å². The van der Waals surface area contributed by atoms with Gasteiger partial charge in [-0.1, -0.05) is 26.7 Å². The van der Waals surface area contributed by atoms with Crippen molar-refractivity contribution in [2.45, 2.75) is 39.5 Å². The lowest BCUT2D eigenvalue weighted by Gasteiger charge is -2.04. The van der Waals surface area contributed by atoms with E-state index in [0.717, 1.165) is 25.7 Å². The zero-order valence-corrected chi connectivity index (χ0v) is 11.8. The van der Waals surface area contributed by atoms with Crippen molar-refractivity contribution in [3.63, 3.8) is 0 Å². The van der Waals surface area contributed by atoms with E-state index in [4.69, 9.17) is 9.47 Å². The Kier molecular flexibility index (Phi) is 6.55. The molecule has 7 heteroatoms. The van der Waals surface area contributed by atoms with E-state index in [-0.39, 0.29) is 24.6 Å². The van der Waals surface area contributed by atoms with E-state index >= 15 is 0 Å². The van der Waals surface area contributed by atoms with Gasteiger partial charge in [0.05, 0.1) is 13.2 Å². The number of imidazole rings is 1. The number of aromatic nitrogens is 2. The van der Waals surface area contributed by atoms with Gasteiger partial charge in [0.1, 0.15) is 0 Å². The molecule has 1 rings (SSSR count). The Hall–Kier alpha value is -2.05. The monoisotopic (exact) mass is 284 g/mol. The quantitative estimate of drug-likeness (QED) is 0.559. The average molecular weight is 284 g/mol. The number of esters is 2. The van der Waals surface area contributed by atoms with Crippen LogP contribution in [-0.2, 0) is 9.47 Å². The number of nitrogens with zero attached hydrogens (tertiary/aromatic N) is 1. The number of hydrogen-bond donors (Lipinski definition) is 2. The SMILES string of the molecule is CCCCOC(=O)c1nc(O)[nH]c1C(=O)OCCCC. The Morgan fingerprint density at radius 1 is 1.10 bits per heavy atom. The number of carbonyl (C=O) groups excluding carboxylic acids is 2. The second-order valence-electron chi connectivity index (χ2n) is 4.26. The molecule has 7 nitrogen and oxygen atoms in total. The first kappa shape index (κ1) is 16.0. The predicted octanol–water partition coefficient (Wildman–Crippen LogP) is 2.03. The molecule has 112 valence electrons. The van der Waals surface area contributed by atoms with Gasteiger partial charge in [-0.2, -0.15) is 4.98 Å². The van der Waals surface area contributed by atoms with E-state index in [9.17, 15) is 14.7 Å². The number of aromatic amines is 1. The minimum atomic E-state index is -0.752. The van der Waals surface area contributed by atoms with Crippen LogP contribution in [0.4, 0.5) is 0 Å². The second kappa shape index (κ2) is 8.19. The summed E-state index contributed by atoms with van der Waals surface area (Å²) < 4.78 is 9.93. The van der Waals surface area contributed by atoms with Crippen LogP contribution in [0.2, 0.25) is 0 Å². The van der Waals surface area contributed by atoms with Gasteiger partial charge in [0.15, 0.2) is 11.4 Å². The van der Waals surface area contributed by atoms with E-state index < -0.39 is 17.9 Å². The van der Waals surface area contributed by atoms with Crippen molar-refractivity contribution in [2.75, 3.05) is 13.2 Å². The summed E-state index contributed by atoms with van der Waals surface area (Å²) in [7, 11) is 0. The number of carbonyl (C=O) groups is 2. The van der Waals surface area contributed by atoms with E-state index in [1.807, 2.05) is 13.8 Å². The smallest absolute Gasteiger partial charge is 0.359 e. The molecule has 0 aliphatic rings. The van der Waals surface area contributed by atoms with Crippen molar-refractivity contribution < 1.29 is 24.2 Å². The van der Waals surface area contributed by atoms with Crippen molar-refractivity contribution in [3.05, 3.63) is 11.4 Å². The summed E-state index contributed by atoms with van der Waals surface area (Å²) >= 11 is 0. The highest BCUT2D eigenvalue weighted by Gasteiger charge is 2.25. The molecule has 0 saturated heterocycles. The molecule has 1 heterocycles. The van der Waals surface area contributed by atoms with Gasteiger partial charge in [0, 0.05) is 0 Å². The van der Waals surface area contributed by atoms with Gasteiger partial charge < -0.3 is 19.6 Å². The standard InChI is InChI=1S/C13H20N2O5/c1-3-5-7-19-11(16)9-10(15-13(18)14-9)12(17)20-8-6-4-2/h3-8H2,1-2H3,(H2,14,15,18). The highest BCUT2D eigenvalue weighted by molar-refractivity contribution is 6.00. The largest absolute Gasteiger partial charge is 0.480 e. The number of ether oxygens (including phenoxy) is 2. The van der Waals surface area contributed by atoms with Crippen LogP contribution in [0, 0.1) is 0 Å². The maximum Gasteiger partial charge on any atom is 0.359 e. The number of aromatic hydroxyl groups is 1. The summed E-state index contributed by atoms with van der Waals surface area (Å²) in [5.41, 5.74) is -0.430. The molecule has 20 heavy (non-hydrogen) atoms. The lowest BCUT2D eigenvalue weighted by molar-refractivity contribution is 0.0445. The predicted molar refractivity (Wildman–Crippen MR) is 70.6 cm³/mol. The first-order chi connectivity index (χ1) is 9.60. The van der Waals surface area contributed by atoms with E-state index in [2.05, 4.69) is 9.97 Å². The second-order valence-corrected chi connectivity index (χ2v) is 4.26. The normalized spacial score (nSPS) is 10.3. The molecule has 0 fully saturated rings. The molecule has 0 saturated carbocycles. The first-order valence-corrected chi connectivity index (χ1v) is 6.73. The molecule has 0 spiro atoms. The van der Waals surface area contributed by atoms with E-state index in [1.165, 1.54) is 0 Å². The molecule has 0 aliphatic heterocycles. The third-order valence-corrected chi connectivity index (χ3v) is 2.55. The molecule has 1 aromatic rings. The molecule has 2 N–H and O–H groups in total. The Labute approximate surface area is 117 Å². The Morgan fingerprint density at radius 2 is 1.65 bits per heavy atom. The van der Waals surface area contributed by atoms with Gasteiger partial charge in [-0.3, -0.25) is 0 Å². The molecule has 0 aliphatic carbocycles. The fraction of sp³-hybridized carbons (Fsp3) is 0.615. The van der Waals surface area contributed by atoms with Gasteiger partial charge in [0.25, 0.3) is 6.01 Å². The number of H-pyrrole nitrogens is 1. The average Bonchev–Trinajstić information content (AvgIpc) is 2.81. The molecule has 0 amide bonds. The Bertz CT molecular complexity index is 416. The van der Waals surface area contributed by atoms with Crippen LogP contribution >= 0.6 is 0 Å². The van der Waals surface area contributed by atoms with Crippen LogP contribution in [0.5, 0.6) is 6.01 Å². The summed E-state index contributed by atoms with van der Waals surface area (Å²) in [4.78, 5) is 29.4. The number of rotatable bonds is 8. The van der Waals surface area contributed by atoms with Gasteiger partial charge in [0.2, 0.25) is 0 Å². The molecular formula is C13H20N2O5. The van der Waals surface area contributed by atoms with Gasteiger partial charge >= 0.3 is 11.9 Å². The van der Waals surface area contributed by atoms with Gasteiger partial charge in [-0.05, 0) is 12.8 Å². The Morgan fingerprint density at radius 3 is 2.20 bits per heavy atom. The highest BCUT2D eigenvalue weighted by Crippen LogP contribution is 2.14. The molecule has 1 aromatic heterocycles. The third-order valence-electron chi connectivity index (χ3n) is 2.55. The Balaban J connectivity index is 2.71. The topological polar surface area (TPSA) is 102 Å². The molecule has 0 unspecified atom stereocenters. The van der Waals surface area contributed by atoms with Gasteiger partial charge in [-0.25, -0.2) is 9.59 Å². The van der Waals surface area contributed by atoms with Crippen molar-refractivity contribution >= 4 is 11.9 Å². The van der Waals surface area contributed by atoms with Crippen molar-refractivity contribution in [2.24, 2.45) is 0 Å². The van der Waals surface area contributed by atoms with Crippen molar-refractivity contribution in [1.29, 1.82) is 0 Å². The van der Waals surface area contributed by atoms with Crippen molar-refractivity contribution in [1.82, 2.24) is 9.97 Å². The highest BCUT2D eigenvalue weighted by atomic mass is 16.5. The molecule has 0 aromatic carbocycles. The van der Waals surface area contributed by atoms with Crippen LogP contribution in [-0.4, -0.2) is 40.2 Å². The molecule has 0 atom stereocenters. The summed E-state index contributed by atoms with van der Waals surface area (Å²) in [6, 6.07) is -0.519.